The minimum absolute atomic E-state index is 0.234. The summed E-state index contributed by atoms with van der Waals surface area (Å²) in [4.78, 5) is 7.92. The van der Waals surface area contributed by atoms with E-state index in [4.69, 9.17) is 5.73 Å². The first-order chi connectivity index (χ1) is 7.29. The van der Waals surface area contributed by atoms with Crippen LogP contribution in [0.5, 0.6) is 0 Å². The van der Waals surface area contributed by atoms with Crippen LogP contribution in [0.2, 0.25) is 0 Å². The van der Waals surface area contributed by atoms with Crippen molar-refractivity contribution in [3.8, 4) is 0 Å². The van der Waals surface area contributed by atoms with Gasteiger partial charge in [0.25, 0.3) is 0 Å². The molecular weight excluding hydrogens is 192 g/mol. The fourth-order valence-corrected chi connectivity index (χ4v) is 2.09. The third kappa shape index (κ3) is 2.36. The molecule has 0 aliphatic heterocycles. The van der Waals surface area contributed by atoms with Crippen LogP contribution in [0.25, 0.3) is 0 Å². The highest BCUT2D eigenvalue weighted by Gasteiger charge is 2.26. The molecule has 0 radical (unpaired) electrons. The Kier molecular flexibility index (Phi) is 3.01. The first kappa shape index (κ1) is 10.2. The third-order valence-corrected chi connectivity index (χ3v) is 2.92. The van der Waals surface area contributed by atoms with E-state index in [1.165, 1.54) is 6.33 Å². The number of aromatic nitrogens is 2. The van der Waals surface area contributed by atoms with Gasteiger partial charge in [0.05, 0.1) is 0 Å². The summed E-state index contributed by atoms with van der Waals surface area (Å²) in [6, 6.07) is 2.02. The molecule has 1 saturated carbocycles. The summed E-state index contributed by atoms with van der Waals surface area (Å²) >= 11 is 0. The second kappa shape index (κ2) is 4.44. The standard InChI is InChI=1S/C10H16N4O/c11-9-4-10(13-6-12-9)14-8-3-1-2-7(8)5-15/h4,6-8,15H,1-3,5H2,(H3,11,12,13,14). The van der Waals surface area contributed by atoms with Gasteiger partial charge < -0.3 is 16.2 Å². The van der Waals surface area contributed by atoms with E-state index in [-0.39, 0.29) is 6.61 Å². The molecule has 2 rings (SSSR count). The molecule has 0 aromatic carbocycles. The van der Waals surface area contributed by atoms with Crippen molar-refractivity contribution in [3.05, 3.63) is 12.4 Å². The maximum absolute atomic E-state index is 9.17. The smallest absolute Gasteiger partial charge is 0.131 e. The summed E-state index contributed by atoms with van der Waals surface area (Å²) in [6.07, 6.45) is 4.76. The minimum atomic E-state index is 0.234. The maximum atomic E-state index is 9.17. The van der Waals surface area contributed by atoms with Gasteiger partial charge >= 0.3 is 0 Å². The third-order valence-electron chi connectivity index (χ3n) is 2.92. The topological polar surface area (TPSA) is 84.1 Å². The molecule has 2 unspecified atom stereocenters. The van der Waals surface area contributed by atoms with E-state index >= 15 is 0 Å². The van der Waals surface area contributed by atoms with Crippen molar-refractivity contribution in [2.45, 2.75) is 25.3 Å². The molecule has 0 amide bonds. The molecule has 1 aromatic rings. The lowest BCUT2D eigenvalue weighted by Crippen LogP contribution is -2.26. The number of anilines is 2. The molecule has 0 spiro atoms. The van der Waals surface area contributed by atoms with Gasteiger partial charge in [-0.3, -0.25) is 0 Å². The summed E-state index contributed by atoms with van der Waals surface area (Å²) in [5, 5.41) is 12.5. The van der Waals surface area contributed by atoms with Crippen LogP contribution in [-0.2, 0) is 0 Å². The van der Waals surface area contributed by atoms with Gasteiger partial charge in [-0.25, -0.2) is 9.97 Å². The predicted octanol–water partition coefficient (Wildman–Crippen LogP) is 0.632. The van der Waals surface area contributed by atoms with E-state index in [9.17, 15) is 5.11 Å². The Bertz CT molecular complexity index is 331. The molecule has 15 heavy (non-hydrogen) atoms. The number of nitrogens with one attached hydrogen (secondary N) is 1. The molecular formula is C10H16N4O. The van der Waals surface area contributed by atoms with Crippen LogP contribution < -0.4 is 11.1 Å². The van der Waals surface area contributed by atoms with Crippen LogP contribution in [0.3, 0.4) is 0 Å². The Hall–Kier alpha value is -1.36. The number of aliphatic hydroxyl groups excluding tert-OH is 1. The van der Waals surface area contributed by atoms with E-state index < -0.39 is 0 Å². The predicted molar refractivity (Wildman–Crippen MR) is 58.3 cm³/mol. The SMILES string of the molecule is Nc1cc(NC2CCCC2CO)ncn1. The normalized spacial score (nSPS) is 25.4. The lowest BCUT2D eigenvalue weighted by atomic mass is 10.1. The fraction of sp³-hybridized carbons (Fsp3) is 0.600. The Morgan fingerprint density at radius 2 is 2.33 bits per heavy atom. The summed E-state index contributed by atoms with van der Waals surface area (Å²) in [5.41, 5.74) is 5.56. The highest BCUT2D eigenvalue weighted by molar-refractivity contribution is 5.44. The number of nitrogen functional groups attached to an aromatic ring is 1. The van der Waals surface area contributed by atoms with Gasteiger partial charge in [0.15, 0.2) is 0 Å². The zero-order chi connectivity index (χ0) is 10.7. The number of hydrogen-bond acceptors (Lipinski definition) is 5. The first-order valence-corrected chi connectivity index (χ1v) is 5.24. The van der Waals surface area contributed by atoms with Crippen molar-refractivity contribution < 1.29 is 5.11 Å². The largest absolute Gasteiger partial charge is 0.396 e. The molecule has 1 heterocycles. The van der Waals surface area contributed by atoms with E-state index in [2.05, 4.69) is 15.3 Å². The Balaban J connectivity index is 2.02. The molecule has 5 heteroatoms. The molecule has 4 N–H and O–H groups in total. The molecule has 2 atom stereocenters. The van der Waals surface area contributed by atoms with Crippen LogP contribution >= 0.6 is 0 Å². The number of hydrogen-bond donors (Lipinski definition) is 3. The second-order valence-electron chi connectivity index (χ2n) is 3.95. The van der Waals surface area contributed by atoms with Gasteiger partial charge in [-0.1, -0.05) is 6.42 Å². The van der Waals surface area contributed by atoms with E-state index in [0.717, 1.165) is 25.1 Å². The van der Waals surface area contributed by atoms with Gasteiger partial charge in [-0.05, 0) is 12.8 Å². The summed E-state index contributed by atoms with van der Waals surface area (Å²) in [5.74, 6) is 1.54. The number of aliphatic hydroxyl groups is 1. The molecule has 1 aromatic heterocycles. The minimum Gasteiger partial charge on any atom is -0.396 e. The first-order valence-electron chi connectivity index (χ1n) is 5.24. The van der Waals surface area contributed by atoms with Crippen molar-refractivity contribution in [1.82, 2.24) is 9.97 Å². The van der Waals surface area contributed by atoms with Gasteiger partial charge in [-0.2, -0.15) is 0 Å². The lowest BCUT2D eigenvalue weighted by molar-refractivity contribution is 0.222. The average Bonchev–Trinajstić information content (AvgIpc) is 2.65. The zero-order valence-corrected chi connectivity index (χ0v) is 8.56. The van der Waals surface area contributed by atoms with Crippen molar-refractivity contribution in [3.63, 3.8) is 0 Å². The summed E-state index contributed by atoms with van der Waals surface area (Å²) < 4.78 is 0. The molecule has 0 saturated heterocycles. The van der Waals surface area contributed by atoms with Crippen molar-refractivity contribution in [2.24, 2.45) is 5.92 Å². The fourth-order valence-electron chi connectivity index (χ4n) is 2.09. The van der Waals surface area contributed by atoms with E-state index in [1.54, 1.807) is 6.07 Å². The van der Waals surface area contributed by atoms with Gasteiger partial charge in [-0.15, -0.1) is 0 Å². The molecule has 5 nitrogen and oxygen atoms in total. The van der Waals surface area contributed by atoms with Crippen LogP contribution in [-0.4, -0.2) is 27.7 Å². The highest BCUT2D eigenvalue weighted by atomic mass is 16.3. The average molecular weight is 208 g/mol. The molecule has 82 valence electrons. The molecule has 1 aliphatic rings. The Morgan fingerprint density at radius 3 is 3.07 bits per heavy atom. The molecule has 1 aliphatic carbocycles. The van der Waals surface area contributed by atoms with Gasteiger partial charge in [0.2, 0.25) is 0 Å². The summed E-state index contributed by atoms with van der Waals surface area (Å²) in [7, 11) is 0. The number of rotatable bonds is 3. The van der Waals surface area contributed by atoms with Crippen molar-refractivity contribution in [1.29, 1.82) is 0 Å². The van der Waals surface area contributed by atoms with Crippen LogP contribution in [0.4, 0.5) is 11.6 Å². The molecule has 1 fully saturated rings. The van der Waals surface area contributed by atoms with Crippen molar-refractivity contribution in [2.75, 3.05) is 17.7 Å². The number of nitrogens with two attached hydrogens (primary N) is 1. The van der Waals surface area contributed by atoms with Crippen LogP contribution in [0.1, 0.15) is 19.3 Å². The van der Waals surface area contributed by atoms with Gasteiger partial charge in [0, 0.05) is 24.6 Å². The highest BCUT2D eigenvalue weighted by Crippen LogP contribution is 2.27. The Labute approximate surface area is 88.7 Å². The Morgan fingerprint density at radius 1 is 1.47 bits per heavy atom. The van der Waals surface area contributed by atoms with E-state index in [0.29, 0.717) is 17.8 Å². The second-order valence-corrected chi connectivity index (χ2v) is 3.95. The quantitative estimate of drug-likeness (QED) is 0.678. The summed E-state index contributed by atoms with van der Waals surface area (Å²) in [6.45, 7) is 0.234. The lowest BCUT2D eigenvalue weighted by Gasteiger charge is -2.19. The maximum Gasteiger partial charge on any atom is 0.131 e. The van der Waals surface area contributed by atoms with Gasteiger partial charge in [0.1, 0.15) is 18.0 Å². The zero-order valence-electron chi connectivity index (χ0n) is 8.56. The molecule has 0 bridgehead atoms. The van der Waals surface area contributed by atoms with Crippen LogP contribution in [0, 0.1) is 5.92 Å². The monoisotopic (exact) mass is 208 g/mol. The van der Waals surface area contributed by atoms with Crippen molar-refractivity contribution >= 4 is 11.6 Å². The van der Waals surface area contributed by atoms with E-state index in [1.807, 2.05) is 0 Å². The number of nitrogens with zero attached hydrogens (tertiary/aromatic N) is 2. The van der Waals surface area contributed by atoms with Crippen LogP contribution in [0.15, 0.2) is 12.4 Å².